The summed E-state index contributed by atoms with van der Waals surface area (Å²) in [5, 5.41) is 7.12. The summed E-state index contributed by atoms with van der Waals surface area (Å²) in [6, 6.07) is 10.1. The van der Waals surface area contributed by atoms with Gasteiger partial charge in [-0.2, -0.15) is 13.2 Å². The smallest absolute Gasteiger partial charge is 0.475 e. The van der Waals surface area contributed by atoms with Crippen LogP contribution in [0.2, 0.25) is 0 Å². The number of rotatable bonds is 4. The fourth-order valence-electron chi connectivity index (χ4n) is 4.53. The monoisotopic (exact) mass is 509 g/mol. The minimum Gasteiger partial charge on any atom is -0.475 e. The summed E-state index contributed by atoms with van der Waals surface area (Å²) in [5.74, 6) is -2.82. The van der Waals surface area contributed by atoms with Crippen molar-refractivity contribution in [3.63, 3.8) is 0 Å². The summed E-state index contributed by atoms with van der Waals surface area (Å²) >= 11 is 0. The maximum absolute atomic E-state index is 13.4. The van der Waals surface area contributed by atoms with E-state index in [9.17, 15) is 27.2 Å². The van der Waals surface area contributed by atoms with Gasteiger partial charge in [0, 0.05) is 45.0 Å². The van der Waals surface area contributed by atoms with E-state index in [1.54, 1.807) is 24.5 Å². The normalized spacial score (nSPS) is 17.4. The highest BCUT2D eigenvalue weighted by atomic mass is 19.4. The number of nitrogens with zero attached hydrogens (tertiary/aromatic N) is 3. The number of hydrogen-bond donors (Lipinski definition) is 1. The molecule has 4 rings (SSSR count). The first kappa shape index (κ1) is 27.1. The molecule has 0 saturated carbocycles. The zero-order valence-corrected chi connectivity index (χ0v) is 19.5. The Balaban J connectivity index is 0.000000454. The molecule has 0 atom stereocenters. The molecule has 1 spiro atoms. The van der Waals surface area contributed by atoms with Gasteiger partial charge in [-0.25, -0.2) is 9.18 Å². The number of alkyl halides is 3. The molecular weight excluding hydrogens is 482 g/mol. The van der Waals surface area contributed by atoms with E-state index in [-0.39, 0.29) is 29.5 Å². The van der Waals surface area contributed by atoms with Crippen molar-refractivity contribution in [2.24, 2.45) is 5.41 Å². The van der Waals surface area contributed by atoms with E-state index in [1.807, 2.05) is 21.9 Å². The topological polar surface area (TPSA) is 90.8 Å². The molecule has 2 aromatic rings. The lowest BCUT2D eigenvalue weighted by Gasteiger charge is -2.47. The van der Waals surface area contributed by atoms with Gasteiger partial charge in [0.05, 0.1) is 6.42 Å². The minimum absolute atomic E-state index is 0.0472. The molecule has 3 heterocycles. The Morgan fingerprint density at radius 3 is 2.25 bits per heavy atom. The van der Waals surface area contributed by atoms with Crippen molar-refractivity contribution in [2.75, 3.05) is 19.6 Å². The Hall–Kier alpha value is -3.50. The lowest BCUT2D eigenvalue weighted by atomic mass is 9.72. The van der Waals surface area contributed by atoms with Crippen LogP contribution in [0.15, 0.2) is 48.8 Å². The number of halogens is 4. The predicted molar refractivity (Wildman–Crippen MR) is 121 cm³/mol. The first-order chi connectivity index (χ1) is 17.0. The lowest BCUT2D eigenvalue weighted by Crippen LogP contribution is -2.52. The molecule has 2 saturated heterocycles. The molecule has 0 unspecified atom stereocenters. The van der Waals surface area contributed by atoms with E-state index >= 15 is 0 Å². The fraction of sp³-hybridized carbons (Fsp3) is 0.440. The number of carbonyl (C=O) groups is 3. The van der Waals surface area contributed by atoms with Gasteiger partial charge in [-0.1, -0.05) is 12.1 Å². The van der Waals surface area contributed by atoms with Crippen LogP contribution in [-0.2, 0) is 27.3 Å². The number of aromatic nitrogens is 1. The predicted octanol–water partition coefficient (Wildman–Crippen LogP) is 3.83. The molecule has 2 amide bonds. The average molecular weight is 510 g/mol. The third-order valence-electron chi connectivity index (χ3n) is 6.53. The van der Waals surface area contributed by atoms with Crippen molar-refractivity contribution in [3.8, 4) is 0 Å². The minimum atomic E-state index is -5.08. The van der Waals surface area contributed by atoms with Gasteiger partial charge in [-0.05, 0) is 60.1 Å². The molecule has 1 N–H and O–H groups in total. The van der Waals surface area contributed by atoms with Crippen LogP contribution in [0, 0.1) is 11.2 Å². The summed E-state index contributed by atoms with van der Waals surface area (Å²) < 4.78 is 45.1. The second-order valence-corrected chi connectivity index (χ2v) is 9.10. The molecule has 11 heteroatoms. The molecule has 2 aliphatic rings. The van der Waals surface area contributed by atoms with Crippen molar-refractivity contribution < 1.29 is 37.1 Å². The maximum Gasteiger partial charge on any atom is 0.490 e. The zero-order valence-electron chi connectivity index (χ0n) is 19.5. The van der Waals surface area contributed by atoms with Gasteiger partial charge in [0.15, 0.2) is 0 Å². The van der Waals surface area contributed by atoms with Crippen LogP contribution in [0.3, 0.4) is 0 Å². The van der Waals surface area contributed by atoms with Gasteiger partial charge in [0.2, 0.25) is 11.8 Å². The van der Waals surface area contributed by atoms with E-state index in [0.29, 0.717) is 31.6 Å². The molecule has 1 aromatic carbocycles. The Labute approximate surface area is 205 Å². The number of benzene rings is 1. The molecule has 1 aromatic heterocycles. The van der Waals surface area contributed by atoms with Crippen molar-refractivity contribution in [3.05, 3.63) is 65.7 Å². The standard InChI is InChI=1S/C23H26FN3O2.C2HF3O2/c24-20-3-1-2-19(14-20)15-22(29)26-12-8-23(9-13-26)7-4-21(28)27(17-23)16-18-5-10-25-11-6-18;3-2(4,5)1(6)7/h1-3,5-6,10-11,14H,4,7-9,12-13,15-17H2;(H,6,7). The fourth-order valence-corrected chi connectivity index (χ4v) is 4.53. The number of amides is 2. The number of aliphatic carboxylic acids is 1. The summed E-state index contributed by atoms with van der Waals surface area (Å²) in [6.45, 7) is 2.77. The highest BCUT2D eigenvalue weighted by Gasteiger charge is 2.41. The third-order valence-corrected chi connectivity index (χ3v) is 6.53. The Morgan fingerprint density at radius 1 is 1.03 bits per heavy atom. The van der Waals surface area contributed by atoms with Gasteiger partial charge in [0.1, 0.15) is 5.82 Å². The SMILES string of the molecule is O=C(Cc1cccc(F)c1)N1CCC2(CCC(=O)N(Cc3ccncc3)C2)CC1.O=C(O)C(F)(F)F. The van der Waals surface area contributed by atoms with Gasteiger partial charge in [-0.3, -0.25) is 14.6 Å². The highest BCUT2D eigenvalue weighted by Crippen LogP contribution is 2.40. The van der Waals surface area contributed by atoms with Crippen molar-refractivity contribution in [1.82, 2.24) is 14.8 Å². The Bertz CT molecular complexity index is 1070. The van der Waals surface area contributed by atoms with Crippen LogP contribution >= 0.6 is 0 Å². The third kappa shape index (κ3) is 7.50. The first-order valence-electron chi connectivity index (χ1n) is 11.5. The summed E-state index contributed by atoms with van der Waals surface area (Å²) in [4.78, 5) is 41.9. The number of pyridine rings is 1. The van der Waals surface area contributed by atoms with Crippen molar-refractivity contribution >= 4 is 17.8 Å². The van der Waals surface area contributed by atoms with Gasteiger partial charge >= 0.3 is 12.1 Å². The van der Waals surface area contributed by atoms with Gasteiger partial charge in [0.25, 0.3) is 0 Å². The van der Waals surface area contributed by atoms with Crippen molar-refractivity contribution in [1.29, 1.82) is 0 Å². The molecule has 0 aliphatic carbocycles. The Kier molecular flexibility index (Phi) is 8.65. The van der Waals surface area contributed by atoms with E-state index < -0.39 is 12.1 Å². The molecule has 2 aliphatic heterocycles. The van der Waals surface area contributed by atoms with E-state index in [2.05, 4.69) is 4.98 Å². The molecule has 194 valence electrons. The molecule has 0 bridgehead atoms. The maximum atomic E-state index is 13.4. The van der Waals surface area contributed by atoms with Crippen molar-refractivity contribution in [2.45, 2.75) is 44.8 Å². The number of likely N-dealkylation sites (tertiary alicyclic amines) is 2. The van der Waals surface area contributed by atoms with Gasteiger partial charge in [-0.15, -0.1) is 0 Å². The highest BCUT2D eigenvalue weighted by molar-refractivity contribution is 5.79. The molecule has 36 heavy (non-hydrogen) atoms. The number of piperidine rings is 2. The number of hydrogen-bond acceptors (Lipinski definition) is 4. The van der Waals surface area contributed by atoms with E-state index in [0.717, 1.165) is 31.4 Å². The zero-order chi connectivity index (χ0) is 26.3. The molecule has 7 nitrogen and oxygen atoms in total. The molecule has 2 fully saturated rings. The van der Waals surface area contributed by atoms with Gasteiger partial charge < -0.3 is 14.9 Å². The number of carbonyl (C=O) groups excluding carboxylic acids is 2. The van der Waals surface area contributed by atoms with E-state index in [4.69, 9.17) is 9.90 Å². The second kappa shape index (κ2) is 11.5. The van der Waals surface area contributed by atoms with Crippen LogP contribution < -0.4 is 0 Å². The van der Waals surface area contributed by atoms with Crippen LogP contribution in [0.1, 0.15) is 36.8 Å². The second-order valence-electron chi connectivity index (χ2n) is 9.10. The first-order valence-corrected chi connectivity index (χ1v) is 11.5. The number of carboxylic acid groups (broad SMARTS) is 1. The van der Waals surface area contributed by atoms with Crippen LogP contribution in [0.5, 0.6) is 0 Å². The Morgan fingerprint density at radius 2 is 1.67 bits per heavy atom. The van der Waals surface area contributed by atoms with Crippen LogP contribution in [0.25, 0.3) is 0 Å². The summed E-state index contributed by atoms with van der Waals surface area (Å²) in [7, 11) is 0. The van der Waals surface area contributed by atoms with Crippen LogP contribution in [0.4, 0.5) is 17.6 Å². The molecule has 0 radical (unpaired) electrons. The van der Waals surface area contributed by atoms with E-state index in [1.165, 1.54) is 12.1 Å². The number of carboxylic acids is 1. The lowest BCUT2D eigenvalue weighted by molar-refractivity contribution is -0.192. The average Bonchev–Trinajstić information content (AvgIpc) is 2.82. The van der Waals surface area contributed by atoms with Crippen LogP contribution in [-0.4, -0.2) is 63.5 Å². The largest absolute Gasteiger partial charge is 0.490 e. The molecular formula is C25H27F4N3O4. The quantitative estimate of drug-likeness (QED) is 0.633. The summed E-state index contributed by atoms with van der Waals surface area (Å²) in [5.41, 5.74) is 1.89. The summed E-state index contributed by atoms with van der Waals surface area (Å²) in [6.07, 6.45) is 1.93.